The molecule has 3 nitrogen and oxygen atoms in total. The van der Waals surface area contributed by atoms with Crippen LogP contribution in [0.15, 0.2) is 29.2 Å². The molecule has 110 valence electrons. The Hall–Kier alpha value is -0.710. The fraction of sp³-hybridized carbons (Fsp3) is 0.533. The molecule has 1 aromatic carbocycles. The topological polar surface area (TPSA) is 46.3 Å². The van der Waals surface area contributed by atoms with Gasteiger partial charge in [-0.3, -0.25) is 4.79 Å². The molecule has 1 amide bonds. The highest BCUT2D eigenvalue weighted by atomic mass is 35.5. The Labute approximate surface area is 129 Å². The molecule has 1 fully saturated rings. The first-order chi connectivity index (χ1) is 9.43. The number of nitrogens with two attached hydrogens (primary N) is 1. The quantitative estimate of drug-likeness (QED) is 0.869. The predicted molar refractivity (Wildman–Crippen MR) is 85.1 cm³/mol. The van der Waals surface area contributed by atoms with E-state index < -0.39 is 0 Å². The molecule has 20 heavy (non-hydrogen) atoms. The lowest BCUT2D eigenvalue weighted by Crippen LogP contribution is -2.38. The molecular weight excluding hydrogens is 292 g/mol. The first-order valence-corrected chi connectivity index (χ1v) is 8.10. The zero-order valence-corrected chi connectivity index (χ0v) is 13.5. The monoisotopic (exact) mass is 312 g/mol. The number of hydrogen-bond acceptors (Lipinski definition) is 3. The van der Waals surface area contributed by atoms with Crippen LogP contribution in [0.4, 0.5) is 0 Å². The van der Waals surface area contributed by atoms with Gasteiger partial charge in [0.1, 0.15) is 0 Å². The number of benzene rings is 1. The van der Waals surface area contributed by atoms with Crippen LogP contribution in [0.2, 0.25) is 5.02 Å². The standard InChI is InChI=1S/C15H21ClN2OS/c1-11(20-13-5-3-12(16)4-6-13)14(19)18-8-7-15(2,9-17)10-18/h3-6,11H,7-10,17H2,1-2H3. The van der Waals surface area contributed by atoms with E-state index in [1.165, 1.54) is 0 Å². The number of hydrogen-bond donors (Lipinski definition) is 1. The molecule has 2 rings (SSSR count). The SMILES string of the molecule is CC(Sc1ccc(Cl)cc1)C(=O)N1CCC(C)(CN)C1. The van der Waals surface area contributed by atoms with E-state index in [0.29, 0.717) is 11.6 Å². The van der Waals surface area contributed by atoms with Crippen LogP contribution >= 0.6 is 23.4 Å². The van der Waals surface area contributed by atoms with Crippen LogP contribution < -0.4 is 5.73 Å². The van der Waals surface area contributed by atoms with E-state index in [0.717, 1.165) is 24.4 Å². The fourth-order valence-corrected chi connectivity index (χ4v) is 3.48. The second kappa shape index (κ2) is 6.37. The fourth-order valence-electron chi connectivity index (χ4n) is 2.40. The van der Waals surface area contributed by atoms with Crippen molar-refractivity contribution in [2.75, 3.05) is 19.6 Å². The maximum absolute atomic E-state index is 12.5. The Morgan fingerprint density at radius 2 is 2.15 bits per heavy atom. The van der Waals surface area contributed by atoms with Crippen molar-refractivity contribution in [1.29, 1.82) is 0 Å². The molecule has 0 spiro atoms. The number of halogens is 1. The van der Waals surface area contributed by atoms with Crippen LogP contribution in [0.5, 0.6) is 0 Å². The summed E-state index contributed by atoms with van der Waals surface area (Å²) in [6.45, 7) is 6.33. The van der Waals surface area contributed by atoms with Crippen molar-refractivity contribution in [1.82, 2.24) is 4.90 Å². The van der Waals surface area contributed by atoms with Crippen molar-refractivity contribution in [3.63, 3.8) is 0 Å². The number of likely N-dealkylation sites (tertiary alicyclic amines) is 1. The molecule has 0 saturated carbocycles. The average molecular weight is 313 g/mol. The normalized spacial score (nSPS) is 23.9. The molecule has 2 unspecified atom stereocenters. The van der Waals surface area contributed by atoms with Crippen molar-refractivity contribution in [2.45, 2.75) is 30.4 Å². The minimum absolute atomic E-state index is 0.0836. The minimum Gasteiger partial charge on any atom is -0.341 e. The Kier molecular flexibility index (Phi) is 4.99. The summed E-state index contributed by atoms with van der Waals surface area (Å²) in [6.07, 6.45) is 0.994. The van der Waals surface area contributed by atoms with Crippen molar-refractivity contribution in [2.24, 2.45) is 11.1 Å². The zero-order valence-electron chi connectivity index (χ0n) is 11.9. The molecular formula is C15H21ClN2OS. The summed E-state index contributed by atoms with van der Waals surface area (Å²) in [7, 11) is 0. The van der Waals surface area contributed by atoms with Gasteiger partial charge in [-0.25, -0.2) is 0 Å². The van der Waals surface area contributed by atoms with E-state index in [1.54, 1.807) is 11.8 Å². The van der Waals surface area contributed by atoms with E-state index in [-0.39, 0.29) is 16.6 Å². The summed E-state index contributed by atoms with van der Waals surface area (Å²) in [5, 5.41) is 0.628. The highest BCUT2D eigenvalue weighted by Crippen LogP contribution is 2.31. The molecule has 2 atom stereocenters. The number of thioether (sulfide) groups is 1. The Morgan fingerprint density at radius 1 is 1.50 bits per heavy atom. The zero-order chi connectivity index (χ0) is 14.8. The third kappa shape index (κ3) is 3.68. The van der Waals surface area contributed by atoms with Gasteiger partial charge in [-0.15, -0.1) is 11.8 Å². The molecule has 1 heterocycles. The van der Waals surface area contributed by atoms with Gasteiger partial charge in [0.15, 0.2) is 0 Å². The van der Waals surface area contributed by atoms with Gasteiger partial charge in [-0.1, -0.05) is 18.5 Å². The van der Waals surface area contributed by atoms with Crippen LogP contribution in [0.3, 0.4) is 0 Å². The second-order valence-electron chi connectivity index (χ2n) is 5.74. The molecule has 0 bridgehead atoms. The lowest BCUT2D eigenvalue weighted by molar-refractivity contribution is -0.129. The smallest absolute Gasteiger partial charge is 0.235 e. The lowest BCUT2D eigenvalue weighted by atomic mass is 9.90. The summed E-state index contributed by atoms with van der Waals surface area (Å²) in [4.78, 5) is 15.5. The Balaban J connectivity index is 1.94. The van der Waals surface area contributed by atoms with E-state index in [1.807, 2.05) is 36.1 Å². The maximum atomic E-state index is 12.5. The van der Waals surface area contributed by atoms with Gasteiger partial charge in [0.05, 0.1) is 5.25 Å². The maximum Gasteiger partial charge on any atom is 0.235 e. The molecule has 0 radical (unpaired) electrons. The highest BCUT2D eigenvalue weighted by Gasteiger charge is 2.36. The molecule has 2 N–H and O–H groups in total. The number of amides is 1. The summed E-state index contributed by atoms with van der Waals surface area (Å²) in [6, 6.07) is 7.60. The second-order valence-corrected chi connectivity index (χ2v) is 7.59. The van der Waals surface area contributed by atoms with E-state index in [2.05, 4.69) is 6.92 Å². The number of rotatable bonds is 4. The van der Waals surface area contributed by atoms with Crippen molar-refractivity contribution in [3.05, 3.63) is 29.3 Å². The van der Waals surface area contributed by atoms with Crippen LogP contribution in [0.25, 0.3) is 0 Å². The summed E-state index contributed by atoms with van der Waals surface area (Å²) >= 11 is 7.44. The molecule has 5 heteroatoms. The number of carbonyl (C=O) groups excluding carboxylic acids is 1. The molecule has 1 saturated heterocycles. The third-order valence-electron chi connectivity index (χ3n) is 3.84. The van der Waals surface area contributed by atoms with Crippen molar-refractivity contribution >= 4 is 29.3 Å². The van der Waals surface area contributed by atoms with Gasteiger partial charge < -0.3 is 10.6 Å². The molecule has 1 aromatic rings. The number of carbonyl (C=O) groups is 1. The Morgan fingerprint density at radius 3 is 2.70 bits per heavy atom. The molecule has 0 aromatic heterocycles. The minimum atomic E-state index is -0.0868. The molecule has 1 aliphatic heterocycles. The van der Waals surface area contributed by atoms with Gasteiger partial charge in [0.2, 0.25) is 5.91 Å². The first kappa shape index (κ1) is 15.7. The summed E-state index contributed by atoms with van der Waals surface area (Å²) in [5.74, 6) is 0.196. The van der Waals surface area contributed by atoms with E-state index in [4.69, 9.17) is 17.3 Å². The van der Waals surface area contributed by atoms with Crippen LogP contribution in [-0.4, -0.2) is 35.7 Å². The third-order valence-corrected chi connectivity index (χ3v) is 5.19. The van der Waals surface area contributed by atoms with Gasteiger partial charge in [0.25, 0.3) is 0 Å². The van der Waals surface area contributed by atoms with E-state index >= 15 is 0 Å². The van der Waals surface area contributed by atoms with Gasteiger partial charge in [0, 0.05) is 23.0 Å². The average Bonchev–Trinajstić information content (AvgIpc) is 2.84. The molecule has 1 aliphatic rings. The summed E-state index contributed by atoms with van der Waals surface area (Å²) in [5.41, 5.74) is 5.87. The Bertz CT molecular complexity index is 479. The van der Waals surface area contributed by atoms with E-state index in [9.17, 15) is 4.79 Å². The van der Waals surface area contributed by atoms with Crippen LogP contribution in [-0.2, 0) is 4.79 Å². The van der Waals surface area contributed by atoms with Gasteiger partial charge >= 0.3 is 0 Å². The van der Waals surface area contributed by atoms with Crippen molar-refractivity contribution in [3.8, 4) is 0 Å². The first-order valence-electron chi connectivity index (χ1n) is 6.85. The highest BCUT2D eigenvalue weighted by molar-refractivity contribution is 8.00. The van der Waals surface area contributed by atoms with Crippen molar-refractivity contribution < 1.29 is 4.79 Å². The lowest BCUT2D eigenvalue weighted by Gasteiger charge is -2.24. The summed E-state index contributed by atoms with van der Waals surface area (Å²) < 4.78 is 0. The number of nitrogens with zero attached hydrogens (tertiary/aromatic N) is 1. The van der Waals surface area contributed by atoms with Crippen LogP contribution in [0, 0.1) is 5.41 Å². The molecule has 0 aliphatic carbocycles. The van der Waals surface area contributed by atoms with Gasteiger partial charge in [-0.2, -0.15) is 0 Å². The predicted octanol–water partition coefficient (Wildman–Crippen LogP) is 3.02. The largest absolute Gasteiger partial charge is 0.341 e. The van der Waals surface area contributed by atoms with Gasteiger partial charge in [-0.05, 0) is 49.6 Å². The van der Waals surface area contributed by atoms with Crippen LogP contribution in [0.1, 0.15) is 20.3 Å².